The molecule has 2 rings (SSSR count). The molecule has 2 atom stereocenters. The summed E-state index contributed by atoms with van der Waals surface area (Å²) in [4.78, 5) is 16.3. The predicted molar refractivity (Wildman–Crippen MR) is 89.6 cm³/mol. The summed E-state index contributed by atoms with van der Waals surface area (Å²) in [6.45, 7) is 3.60. The van der Waals surface area contributed by atoms with Gasteiger partial charge in [0.25, 0.3) is 0 Å². The number of benzene rings is 1. The Labute approximate surface area is 133 Å². The van der Waals surface area contributed by atoms with Crippen molar-refractivity contribution >= 4 is 11.6 Å². The summed E-state index contributed by atoms with van der Waals surface area (Å²) >= 11 is 0. The van der Waals surface area contributed by atoms with Gasteiger partial charge in [-0.1, -0.05) is 6.92 Å². The van der Waals surface area contributed by atoms with E-state index in [0.717, 1.165) is 23.5 Å². The van der Waals surface area contributed by atoms with E-state index < -0.39 is 0 Å². The number of amides is 1. The van der Waals surface area contributed by atoms with Gasteiger partial charge in [-0.3, -0.25) is 4.79 Å². The van der Waals surface area contributed by atoms with Crippen molar-refractivity contribution in [2.24, 2.45) is 5.92 Å². The van der Waals surface area contributed by atoms with Gasteiger partial charge < -0.3 is 19.9 Å². The molecule has 0 spiro atoms. The smallest absolute Gasteiger partial charge is 0.226 e. The number of carbonyl (C=O) groups is 1. The van der Waals surface area contributed by atoms with Crippen LogP contribution in [0.3, 0.4) is 0 Å². The van der Waals surface area contributed by atoms with Crippen LogP contribution in [-0.4, -0.2) is 58.2 Å². The molecule has 1 aromatic rings. The van der Waals surface area contributed by atoms with E-state index in [9.17, 15) is 4.79 Å². The molecule has 1 amide bonds. The van der Waals surface area contributed by atoms with E-state index in [1.165, 1.54) is 0 Å². The van der Waals surface area contributed by atoms with Crippen molar-refractivity contribution in [2.45, 2.75) is 19.4 Å². The van der Waals surface area contributed by atoms with E-state index in [-0.39, 0.29) is 17.9 Å². The molecule has 1 aromatic carbocycles. The summed E-state index contributed by atoms with van der Waals surface area (Å²) in [5, 5.41) is 3.19. The number of nitrogens with one attached hydrogen (secondary N) is 1. The Morgan fingerprint density at radius 2 is 2.14 bits per heavy atom. The molecule has 122 valence electrons. The highest BCUT2D eigenvalue weighted by atomic mass is 16.5. The lowest BCUT2D eigenvalue weighted by atomic mass is 10.0. The molecule has 0 fully saturated rings. The number of hydrogen-bond donors (Lipinski definition) is 1. The molecule has 0 unspecified atom stereocenters. The first-order valence-electron chi connectivity index (χ1n) is 7.77. The quantitative estimate of drug-likeness (QED) is 0.916. The lowest BCUT2D eigenvalue weighted by Gasteiger charge is -2.27. The van der Waals surface area contributed by atoms with Gasteiger partial charge in [-0.25, -0.2) is 0 Å². The number of anilines is 1. The first-order chi connectivity index (χ1) is 10.4. The second-order valence-electron chi connectivity index (χ2n) is 6.33. The molecule has 0 bridgehead atoms. The van der Waals surface area contributed by atoms with E-state index in [4.69, 9.17) is 4.74 Å². The van der Waals surface area contributed by atoms with Crippen molar-refractivity contribution < 1.29 is 9.53 Å². The van der Waals surface area contributed by atoms with Crippen LogP contribution in [0.25, 0.3) is 0 Å². The standard InChI is InChI=1S/C17H27N3O2/c1-12-11-20(5)17(21)9-13-8-14(19(3)4)6-7-15(13)22-16(12)10-18-2/h6-8,12,16,18H,9-11H2,1-5H3/t12-,16+/m0/s1. The molecule has 0 aromatic heterocycles. The summed E-state index contributed by atoms with van der Waals surface area (Å²) in [7, 11) is 7.79. The van der Waals surface area contributed by atoms with Gasteiger partial charge in [0.2, 0.25) is 5.91 Å². The fraction of sp³-hybridized carbons (Fsp3) is 0.588. The van der Waals surface area contributed by atoms with Crippen LogP contribution in [0.2, 0.25) is 0 Å². The second kappa shape index (κ2) is 7.01. The minimum Gasteiger partial charge on any atom is -0.488 e. The number of hydrogen-bond acceptors (Lipinski definition) is 4. The monoisotopic (exact) mass is 305 g/mol. The molecule has 0 saturated heterocycles. The van der Waals surface area contributed by atoms with Crippen molar-refractivity contribution in [1.29, 1.82) is 0 Å². The zero-order valence-corrected chi connectivity index (χ0v) is 14.2. The number of fused-ring (bicyclic) bond motifs is 1. The molecule has 22 heavy (non-hydrogen) atoms. The number of nitrogens with zero attached hydrogens (tertiary/aromatic N) is 2. The SMILES string of the molecule is CNC[C@H]1Oc2ccc(N(C)C)cc2CC(=O)N(C)C[C@@H]1C. The van der Waals surface area contributed by atoms with Crippen LogP contribution in [0.4, 0.5) is 5.69 Å². The first-order valence-corrected chi connectivity index (χ1v) is 7.77. The van der Waals surface area contributed by atoms with Crippen molar-refractivity contribution in [3.63, 3.8) is 0 Å². The van der Waals surface area contributed by atoms with Gasteiger partial charge in [0.1, 0.15) is 11.9 Å². The molecule has 0 radical (unpaired) electrons. The van der Waals surface area contributed by atoms with Crippen LogP contribution in [0.15, 0.2) is 18.2 Å². The van der Waals surface area contributed by atoms with Crippen LogP contribution in [-0.2, 0) is 11.2 Å². The Morgan fingerprint density at radius 1 is 1.41 bits per heavy atom. The van der Waals surface area contributed by atoms with Crippen LogP contribution in [0.5, 0.6) is 5.75 Å². The Morgan fingerprint density at radius 3 is 2.77 bits per heavy atom. The van der Waals surface area contributed by atoms with Gasteiger partial charge in [0.05, 0.1) is 6.42 Å². The summed E-state index contributed by atoms with van der Waals surface area (Å²) in [6, 6.07) is 6.07. The van der Waals surface area contributed by atoms with E-state index in [2.05, 4.69) is 12.2 Å². The number of likely N-dealkylation sites (N-methyl/N-ethyl adjacent to an activating group) is 2. The number of rotatable bonds is 3. The van der Waals surface area contributed by atoms with Gasteiger partial charge in [-0.15, -0.1) is 0 Å². The Kier molecular flexibility index (Phi) is 5.29. The summed E-state index contributed by atoms with van der Waals surface area (Å²) in [5.41, 5.74) is 2.04. The zero-order valence-electron chi connectivity index (χ0n) is 14.2. The fourth-order valence-electron chi connectivity index (χ4n) is 2.77. The van der Waals surface area contributed by atoms with E-state index in [1.54, 1.807) is 0 Å². The summed E-state index contributed by atoms with van der Waals surface area (Å²) < 4.78 is 6.24. The van der Waals surface area contributed by atoms with Crippen LogP contribution in [0, 0.1) is 5.92 Å². The maximum atomic E-state index is 12.4. The van der Waals surface area contributed by atoms with Crippen molar-refractivity contribution in [2.75, 3.05) is 46.2 Å². The maximum absolute atomic E-state index is 12.4. The Balaban J connectivity index is 2.40. The van der Waals surface area contributed by atoms with Gasteiger partial charge >= 0.3 is 0 Å². The Bertz CT molecular complexity index is 531. The third kappa shape index (κ3) is 3.71. The van der Waals surface area contributed by atoms with Crippen LogP contribution >= 0.6 is 0 Å². The molecule has 0 aliphatic carbocycles. The van der Waals surface area contributed by atoms with E-state index >= 15 is 0 Å². The minimum absolute atomic E-state index is 0.0438. The third-order valence-corrected chi connectivity index (χ3v) is 4.21. The maximum Gasteiger partial charge on any atom is 0.226 e. The molecular formula is C17H27N3O2. The molecule has 0 saturated carbocycles. The number of ether oxygens (including phenoxy) is 1. The lowest BCUT2D eigenvalue weighted by Crippen LogP contribution is -2.41. The largest absolute Gasteiger partial charge is 0.488 e. The van der Waals surface area contributed by atoms with Crippen molar-refractivity contribution in [3.05, 3.63) is 23.8 Å². The number of carbonyl (C=O) groups excluding carboxylic acids is 1. The summed E-state index contributed by atoms with van der Waals surface area (Å²) in [6.07, 6.45) is 0.425. The predicted octanol–water partition coefficient (Wildman–Crippen LogP) is 1.37. The Hall–Kier alpha value is -1.75. The highest BCUT2D eigenvalue weighted by molar-refractivity contribution is 5.80. The summed E-state index contributed by atoms with van der Waals surface area (Å²) in [5.74, 6) is 1.22. The average molecular weight is 305 g/mol. The highest BCUT2D eigenvalue weighted by Gasteiger charge is 2.26. The van der Waals surface area contributed by atoms with E-state index in [0.29, 0.717) is 13.0 Å². The average Bonchev–Trinajstić information content (AvgIpc) is 2.50. The zero-order chi connectivity index (χ0) is 16.3. The molecular weight excluding hydrogens is 278 g/mol. The molecule has 1 aliphatic rings. The highest BCUT2D eigenvalue weighted by Crippen LogP contribution is 2.28. The van der Waals surface area contributed by atoms with Gasteiger partial charge in [0.15, 0.2) is 0 Å². The lowest BCUT2D eigenvalue weighted by molar-refractivity contribution is -0.129. The third-order valence-electron chi connectivity index (χ3n) is 4.21. The molecule has 1 heterocycles. The van der Waals surface area contributed by atoms with E-state index in [1.807, 2.05) is 56.2 Å². The van der Waals surface area contributed by atoms with Crippen molar-refractivity contribution in [1.82, 2.24) is 10.2 Å². The molecule has 5 heteroatoms. The molecule has 1 aliphatic heterocycles. The van der Waals surface area contributed by atoms with Gasteiger partial charge in [0, 0.05) is 51.4 Å². The fourth-order valence-corrected chi connectivity index (χ4v) is 2.77. The molecule has 1 N–H and O–H groups in total. The second-order valence-corrected chi connectivity index (χ2v) is 6.33. The minimum atomic E-state index is 0.0438. The molecule has 5 nitrogen and oxygen atoms in total. The first kappa shape index (κ1) is 16.6. The van der Waals surface area contributed by atoms with Crippen LogP contribution < -0.4 is 15.0 Å². The topological polar surface area (TPSA) is 44.8 Å². The van der Waals surface area contributed by atoms with Gasteiger partial charge in [-0.2, -0.15) is 0 Å². The normalized spacial score (nSPS) is 22.2. The van der Waals surface area contributed by atoms with Gasteiger partial charge in [-0.05, 0) is 25.2 Å². The van der Waals surface area contributed by atoms with Crippen molar-refractivity contribution in [3.8, 4) is 5.75 Å². The van der Waals surface area contributed by atoms with Crippen LogP contribution in [0.1, 0.15) is 12.5 Å².